The van der Waals surface area contributed by atoms with Gasteiger partial charge in [0.1, 0.15) is 5.69 Å². The lowest BCUT2D eigenvalue weighted by atomic mass is 10.2. The minimum absolute atomic E-state index is 0.140. The molecule has 108 valence electrons. The van der Waals surface area contributed by atoms with Gasteiger partial charge < -0.3 is 19.8 Å². The van der Waals surface area contributed by atoms with Gasteiger partial charge in [0.15, 0.2) is 0 Å². The van der Waals surface area contributed by atoms with Gasteiger partial charge in [0, 0.05) is 13.1 Å². The maximum Gasteiger partial charge on any atom is 0.409 e. The van der Waals surface area contributed by atoms with E-state index in [4.69, 9.17) is 14.9 Å². The molecule has 1 aromatic rings. The van der Waals surface area contributed by atoms with Crippen LogP contribution in [0.15, 0.2) is 18.3 Å². The van der Waals surface area contributed by atoms with E-state index in [0.29, 0.717) is 25.4 Å². The molecule has 1 aromatic heterocycles. The molecule has 1 aliphatic rings. The Morgan fingerprint density at radius 1 is 1.50 bits per heavy atom. The Kier molecular flexibility index (Phi) is 4.49. The zero-order valence-corrected chi connectivity index (χ0v) is 10.7. The first-order valence-electron chi connectivity index (χ1n) is 6.08. The molecule has 8 nitrogen and oxygen atoms in total. The summed E-state index contributed by atoms with van der Waals surface area (Å²) in [6.45, 7) is 0.979. The first-order valence-corrected chi connectivity index (χ1v) is 6.08. The molecule has 1 saturated heterocycles. The first-order chi connectivity index (χ1) is 9.60. The molecule has 2 heterocycles. The van der Waals surface area contributed by atoms with E-state index in [1.54, 1.807) is 4.90 Å². The molecule has 0 unspecified atom stereocenters. The topological polar surface area (TPSA) is 112 Å². The fourth-order valence-electron chi connectivity index (χ4n) is 1.89. The van der Waals surface area contributed by atoms with Gasteiger partial charge in [-0.05, 0) is 12.1 Å². The Bertz CT molecular complexity index is 490. The van der Waals surface area contributed by atoms with E-state index >= 15 is 0 Å². The normalized spacial score (nSPS) is 18.6. The van der Waals surface area contributed by atoms with Crippen LogP contribution in [0.2, 0.25) is 0 Å². The van der Waals surface area contributed by atoms with Gasteiger partial charge in [0.05, 0.1) is 31.2 Å². The summed E-state index contributed by atoms with van der Waals surface area (Å²) in [5.74, 6) is -0.270. The van der Waals surface area contributed by atoms with Crippen LogP contribution in [-0.4, -0.2) is 64.5 Å². The van der Waals surface area contributed by atoms with Crippen molar-refractivity contribution in [2.75, 3.05) is 31.6 Å². The number of morpholine rings is 1. The maximum atomic E-state index is 12.2. The highest BCUT2D eigenvalue weighted by Gasteiger charge is 2.25. The van der Waals surface area contributed by atoms with Crippen molar-refractivity contribution >= 4 is 17.7 Å². The van der Waals surface area contributed by atoms with E-state index in [9.17, 15) is 9.59 Å². The molecule has 0 radical (unpaired) electrons. The van der Waals surface area contributed by atoms with Crippen molar-refractivity contribution in [3.8, 4) is 0 Å². The van der Waals surface area contributed by atoms with Crippen LogP contribution >= 0.6 is 0 Å². The third-order valence-electron chi connectivity index (χ3n) is 2.86. The number of ether oxygens (including phenoxy) is 1. The lowest BCUT2D eigenvalue weighted by Gasteiger charge is -2.31. The standard InChI is InChI=1S/C12H15N3O5/c16-7-9-6-15(3-4-20-9)11(17)10-2-1-8(5-13-10)14-12(18)19/h1-2,5,9,14,16H,3-4,6-7H2,(H,18,19)/t9-/m1/s1. The average molecular weight is 281 g/mol. The second kappa shape index (κ2) is 6.31. The fraction of sp³-hybridized carbons (Fsp3) is 0.417. The number of aliphatic hydroxyl groups excluding tert-OH is 1. The van der Waals surface area contributed by atoms with E-state index in [1.165, 1.54) is 18.3 Å². The summed E-state index contributed by atoms with van der Waals surface area (Å²) < 4.78 is 5.27. The molecule has 1 fully saturated rings. The molecule has 1 aliphatic heterocycles. The quantitative estimate of drug-likeness (QED) is 0.719. The maximum absolute atomic E-state index is 12.2. The summed E-state index contributed by atoms with van der Waals surface area (Å²) >= 11 is 0. The number of carbonyl (C=O) groups excluding carboxylic acids is 1. The van der Waals surface area contributed by atoms with Crippen molar-refractivity contribution in [1.29, 1.82) is 0 Å². The highest BCUT2D eigenvalue weighted by atomic mass is 16.5. The van der Waals surface area contributed by atoms with E-state index in [0.717, 1.165) is 0 Å². The number of anilines is 1. The lowest BCUT2D eigenvalue weighted by molar-refractivity contribution is -0.0448. The number of carboxylic acid groups (broad SMARTS) is 1. The number of nitrogens with zero attached hydrogens (tertiary/aromatic N) is 2. The summed E-state index contributed by atoms with van der Waals surface area (Å²) in [6.07, 6.45) is -0.281. The molecule has 20 heavy (non-hydrogen) atoms. The zero-order chi connectivity index (χ0) is 14.5. The lowest BCUT2D eigenvalue weighted by Crippen LogP contribution is -2.47. The summed E-state index contributed by atoms with van der Waals surface area (Å²) in [7, 11) is 0. The third-order valence-corrected chi connectivity index (χ3v) is 2.86. The van der Waals surface area contributed by atoms with Gasteiger partial charge >= 0.3 is 6.09 Å². The molecule has 0 aliphatic carbocycles. The van der Waals surface area contributed by atoms with Crippen LogP contribution in [0.5, 0.6) is 0 Å². The fourth-order valence-corrected chi connectivity index (χ4v) is 1.89. The monoisotopic (exact) mass is 281 g/mol. The molecule has 3 N–H and O–H groups in total. The zero-order valence-electron chi connectivity index (χ0n) is 10.7. The highest BCUT2D eigenvalue weighted by Crippen LogP contribution is 2.11. The van der Waals surface area contributed by atoms with Gasteiger partial charge in [-0.1, -0.05) is 0 Å². The highest BCUT2D eigenvalue weighted by molar-refractivity contribution is 5.93. The number of nitrogens with one attached hydrogen (secondary N) is 1. The van der Waals surface area contributed by atoms with Gasteiger partial charge in [0.2, 0.25) is 0 Å². The van der Waals surface area contributed by atoms with Crippen LogP contribution in [0.3, 0.4) is 0 Å². The van der Waals surface area contributed by atoms with Crippen molar-refractivity contribution in [3.05, 3.63) is 24.0 Å². The average Bonchev–Trinajstić information content (AvgIpc) is 2.47. The molecular weight excluding hydrogens is 266 g/mol. The Morgan fingerprint density at radius 2 is 2.30 bits per heavy atom. The molecule has 0 aromatic carbocycles. The number of amides is 2. The molecule has 0 spiro atoms. The van der Waals surface area contributed by atoms with Crippen molar-refractivity contribution < 1.29 is 24.5 Å². The summed E-state index contributed by atoms with van der Waals surface area (Å²) in [4.78, 5) is 28.1. The molecule has 1 atom stereocenters. The molecule has 2 rings (SSSR count). The largest absolute Gasteiger partial charge is 0.465 e. The Morgan fingerprint density at radius 3 is 2.90 bits per heavy atom. The number of aromatic nitrogens is 1. The molecule has 0 bridgehead atoms. The predicted molar refractivity (Wildman–Crippen MR) is 68.6 cm³/mol. The number of hydrogen-bond acceptors (Lipinski definition) is 5. The smallest absolute Gasteiger partial charge is 0.409 e. The second-order valence-electron chi connectivity index (χ2n) is 4.29. The third kappa shape index (κ3) is 3.43. The number of hydrogen-bond donors (Lipinski definition) is 3. The number of rotatable bonds is 3. The van der Waals surface area contributed by atoms with Crippen LogP contribution < -0.4 is 5.32 Å². The second-order valence-corrected chi connectivity index (χ2v) is 4.29. The number of pyridine rings is 1. The van der Waals surface area contributed by atoms with Crippen molar-refractivity contribution in [2.45, 2.75) is 6.10 Å². The van der Waals surface area contributed by atoms with Crippen LogP contribution in [0, 0.1) is 0 Å². The molecule has 8 heteroatoms. The molecular formula is C12H15N3O5. The van der Waals surface area contributed by atoms with Crippen LogP contribution in [-0.2, 0) is 4.74 Å². The first kappa shape index (κ1) is 14.2. The van der Waals surface area contributed by atoms with E-state index in [1.807, 2.05) is 0 Å². The number of aliphatic hydroxyl groups is 1. The molecule has 2 amide bonds. The van der Waals surface area contributed by atoms with E-state index in [-0.39, 0.29) is 24.3 Å². The van der Waals surface area contributed by atoms with Crippen molar-refractivity contribution in [1.82, 2.24) is 9.88 Å². The SMILES string of the molecule is O=C(O)Nc1ccc(C(=O)N2CCO[C@@H](CO)C2)nc1. The minimum Gasteiger partial charge on any atom is -0.465 e. The summed E-state index contributed by atoms with van der Waals surface area (Å²) in [5.41, 5.74) is 0.517. The van der Waals surface area contributed by atoms with Crippen LogP contribution in [0.4, 0.5) is 10.5 Å². The summed E-state index contributed by atoms with van der Waals surface area (Å²) in [5, 5.41) is 19.7. The van der Waals surface area contributed by atoms with E-state index in [2.05, 4.69) is 10.3 Å². The Hall–Kier alpha value is -2.19. The van der Waals surface area contributed by atoms with Crippen LogP contribution in [0.1, 0.15) is 10.5 Å². The van der Waals surface area contributed by atoms with Gasteiger partial charge in [-0.15, -0.1) is 0 Å². The van der Waals surface area contributed by atoms with E-state index < -0.39 is 6.09 Å². The van der Waals surface area contributed by atoms with Crippen molar-refractivity contribution in [3.63, 3.8) is 0 Å². The minimum atomic E-state index is -1.19. The van der Waals surface area contributed by atoms with Gasteiger partial charge in [-0.25, -0.2) is 9.78 Å². The van der Waals surface area contributed by atoms with Gasteiger partial charge in [-0.3, -0.25) is 10.1 Å². The Balaban J connectivity index is 2.03. The Labute approximate surface area is 115 Å². The predicted octanol–water partition coefficient (Wildman–Crippen LogP) is 0.00480. The van der Waals surface area contributed by atoms with Crippen molar-refractivity contribution in [2.24, 2.45) is 0 Å². The van der Waals surface area contributed by atoms with Gasteiger partial charge in [0.25, 0.3) is 5.91 Å². The summed E-state index contributed by atoms with van der Waals surface area (Å²) in [6, 6.07) is 2.93. The molecule has 0 saturated carbocycles. The number of carbonyl (C=O) groups is 2. The van der Waals surface area contributed by atoms with Gasteiger partial charge in [-0.2, -0.15) is 0 Å². The van der Waals surface area contributed by atoms with Crippen LogP contribution in [0.25, 0.3) is 0 Å².